The Labute approximate surface area is 188 Å². The van der Waals surface area contributed by atoms with Gasteiger partial charge in [-0.2, -0.15) is 0 Å². The number of hydrogen-bond acceptors (Lipinski definition) is 1. The van der Waals surface area contributed by atoms with Gasteiger partial charge in [0.15, 0.2) is 0 Å². The molecule has 3 heteroatoms. The molecule has 0 amide bonds. The van der Waals surface area contributed by atoms with Gasteiger partial charge in [0.25, 0.3) is 0 Å². The topological polar surface area (TPSA) is 37.3 Å². The average molecular weight is 425 g/mol. The number of halogens is 1. The maximum absolute atomic E-state index is 13.2. The standard InChI is InChI=1S/C29H25FO2/c30-27-17-14-24(15-18-27)25-16-19-28(29(31)32)26(20-25)13-12-23-10-8-22(9-11-23)7-6-21-4-2-1-3-5-21/h1-5,8-11,14-20H,6-7,12-13H2,(H,31,32). The van der Waals surface area contributed by atoms with Gasteiger partial charge in [-0.3, -0.25) is 0 Å². The van der Waals surface area contributed by atoms with Gasteiger partial charge in [0.2, 0.25) is 0 Å². The molecule has 4 aromatic carbocycles. The van der Waals surface area contributed by atoms with Crippen molar-refractivity contribution in [2.75, 3.05) is 0 Å². The first-order valence-electron chi connectivity index (χ1n) is 10.8. The summed E-state index contributed by atoms with van der Waals surface area (Å²) in [6, 6.07) is 30.6. The van der Waals surface area contributed by atoms with Crippen LogP contribution in [0.2, 0.25) is 0 Å². The van der Waals surface area contributed by atoms with E-state index >= 15 is 0 Å². The van der Waals surface area contributed by atoms with E-state index in [2.05, 4.69) is 48.5 Å². The largest absolute Gasteiger partial charge is 0.478 e. The lowest BCUT2D eigenvalue weighted by Crippen LogP contribution is -2.04. The minimum Gasteiger partial charge on any atom is -0.478 e. The molecule has 0 aliphatic rings. The van der Waals surface area contributed by atoms with Crippen LogP contribution in [0.3, 0.4) is 0 Å². The molecule has 0 aliphatic carbocycles. The molecule has 0 bridgehead atoms. The van der Waals surface area contributed by atoms with Crippen molar-refractivity contribution < 1.29 is 14.3 Å². The number of aromatic carboxylic acids is 1. The zero-order valence-corrected chi connectivity index (χ0v) is 17.8. The van der Waals surface area contributed by atoms with Gasteiger partial charge in [0, 0.05) is 0 Å². The predicted octanol–water partition coefficient (Wildman–Crippen LogP) is 6.76. The van der Waals surface area contributed by atoms with E-state index in [0.29, 0.717) is 12.0 Å². The first kappa shape index (κ1) is 21.5. The fraction of sp³-hybridized carbons (Fsp3) is 0.138. The highest BCUT2D eigenvalue weighted by Crippen LogP contribution is 2.24. The summed E-state index contributed by atoms with van der Waals surface area (Å²) in [5.74, 6) is -1.22. The van der Waals surface area contributed by atoms with E-state index in [-0.39, 0.29) is 5.82 Å². The SMILES string of the molecule is O=C(O)c1ccc(-c2ccc(F)cc2)cc1CCc1ccc(CCc2ccccc2)cc1. The minimum atomic E-state index is -0.929. The summed E-state index contributed by atoms with van der Waals surface area (Å²) in [5.41, 5.74) is 6.66. The highest BCUT2D eigenvalue weighted by molar-refractivity contribution is 5.90. The van der Waals surface area contributed by atoms with E-state index in [4.69, 9.17) is 0 Å². The van der Waals surface area contributed by atoms with Crippen LogP contribution >= 0.6 is 0 Å². The Bertz CT molecular complexity index is 1180. The van der Waals surface area contributed by atoms with Crippen LogP contribution in [-0.2, 0) is 25.7 Å². The Balaban J connectivity index is 1.44. The summed E-state index contributed by atoms with van der Waals surface area (Å²) >= 11 is 0. The zero-order chi connectivity index (χ0) is 22.3. The van der Waals surface area contributed by atoms with Crippen molar-refractivity contribution in [1.29, 1.82) is 0 Å². The van der Waals surface area contributed by atoms with Gasteiger partial charge >= 0.3 is 5.97 Å². The summed E-state index contributed by atoms with van der Waals surface area (Å²) in [6.45, 7) is 0. The molecule has 0 aromatic heterocycles. The quantitative estimate of drug-likeness (QED) is 0.339. The smallest absolute Gasteiger partial charge is 0.335 e. The second kappa shape index (κ2) is 10.1. The van der Waals surface area contributed by atoms with Crippen molar-refractivity contribution in [2.24, 2.45) is 0 Å². The van der Waals surface area contributed by atoms with E-state index in [1.807, 2.05) is 12.1 Å². The molecule has 160 valence electrons. The van der Waals surface area contributed by atoms with Crippen LogP contribution < -0.4 is 0 Å². The van der Waals surface area contributed by atoms with E-state index in [9.17, 15) is 14.3 Å². The van der Waals surface area contributed by atoms with Gasteiger partial charge in [0.05, 0.1) is 5.56 Å². The van der Waals surface area contributed by atoms with Crippen LogP contribution in [0, 0.1) is 5.82 Å². The van der Waals surface area contributed by atoms with E-state index < -0.39 is 5.97 Å². The Kier molecular flexibility index (Phi) is 6.76. The van der Waals surface area contributed by atoms with Crippen LogP contribution in [0.1, 0.15) is 32.6 Å². The maximum Gasteiger partial charge on any atom is 0.335 e. The molecular weight excluding hydrogens is 399 g/mol. The molecule has 1 N–H and O–H groups in total. The van der Waals surface area contributed by atoms with Crippen molar-refractivity contribution >= 4 is 5.97 Å². The van der Waals surface area contributed by atoms with Gasteiger partial charge in [0.1, 0.15) is 5.82 Å². The molecule has 0 saturated carbocycles. The van der Waals surface area contributed by atoms with Gasteiger partial charge in [-0.15, -0.1) is 0 Å². The van der Waals surface area contributed by atoms with Gasteiger partial charge < -0.3 is 5.11 Å². The molecule has 0 aliphatic heterocycles. The summed E-state index contributed by atoms with van der Waals surface area (Å²) < 4.78 is 13.2. The van der Waals surface area contributed by atoms with E-state index in [1.54, 1.807) is 24.3 Å². The number of hydrogen-bond donors (Lipinski definition) is 1. The maximum atomic E-state index is 13.2. The van der Waals surface area contributed by atoms with Crippen molar-refractivity contribution in [3.8, 4) is 11.1 Å². The number of carboxylic acids is 1. The number of benzene rings is 4. The number of aryl methyl sites for hydroxylation is 4. The molecule has 0 saturated heterocycles. The third-order valence-corrected chi connectivity index (χ3v) is 5.76. The summed E-state index contributed by atoms with van der Waals surface area (Å²) in [7, 11) is 0. The highest BCUT2D eigenvalue weighted by atomic mass is 19.1. The molecule has 0 fully saturated rings. The van der Waals surface area contributed by atoms with Crippen molar-refractivity contribution in [3.63, 3.8) is 0 Å². The summed E-state index contributed by atoms with van der Waals surface area (Å²) in [4.78, 5) is 11.7. The summed E-state index contributed by atoms with van der Waals surface area (Å²) in [6.07, 6.45) is 3.39. The Morgan fingerprint density at radius 2 is 1.16 bits per heavy atom. The van der Waals surface area contributed by atoms with Gasteiger partial charge in [-0.25, -0.2) is 9.18 Å². The number of carboxylic acid groups (broad SMARTS) is 1. The second-order valence-electron chi connectivity index (χ2n) is 7.99. The molecule has 4 rings (SSSR count). The third-order valence-electron chi connectivity index (χ3n) is 5.76. The minimum absolute atomic E-state index is 0.289. The molecule has 32 heavy (non-hydrogen) atoms. The first-order valence-corrected chi connectivity index (χ1v) is 10.8. The predicted molar refractivity (Wildman–Crippen MR) is 126 cm³/mol. The third kappa shape index (κ3) is 5.50. The van der Waals surface area contributed by atoms with E-state index in [0.717, 1.165) is 36.0 Å². The average Bonchev–Trinajstić information content (AvgIpc) is 2.83. The van der Waals surface area contributed by atoms with Crippen LogP contribution in [0.25, 0.3) is 11.1 Å². The highest BCUT2D eigenvalue weighted by Gasteiger charge is 2.12. The van der Waals surface area contributed by atoms with E-state index in [1.165, 1.54) is 28.8 Å². The van der Waals surface area contributed by atoms with Gasteiger partial charge in [-0.05, 0) is 77.3 Å². The van der Waals surface area contributed by atoms with Crippen molar-refractivity contribution in [2.45, 2.75) is 25.7 Å². The summed E-state index contributed by atoms with van der Waals surface area (Å²) in [5, 5.41) is 9.60. The fourth-order valence-electron chi connectivity index (χ4n) is 3.92. The number of rotatable bonds is 8. The lowest BCUT2D eigenvalue weighted by Gasteiger charge is -2.10. The van der Waals surface area contributed by atoms with Crippen LogP contribution in [0.5, 0.6) is 0 Å². The fourth-order valence-corrected chi connectivity index (χ4v) is 3.92. The first-order chi connectivity index (χ1) is 15.6. The van der Waals surface area contributed by atoms with Gasteiger partial charge in [-0.1, -0.05) is 78.9 Å². The molecule has 0 spiro atoms. The Morgan fingerprint density at radius 1 is 0.625 bits per heavy atom. The van der Waals surface area contributed by atoms with Crippen molar-refractivity contribution in [1.82, 2.24) is 0 Å². The molecule has 2 nitrogen and oxygen atoms in total. The van der Waals surface area contributed by atoms with Crippen molar-refractivity contribution in [3.05, 3.63) is 131 Å². The van der Waals surface area contributed by atoms with Crippen LogP contribution in [0.4, 0.5) is 4.39 Å². The molecule has 0 unspecified atom stereocenters. The molecule has 0 heterocycles. The lowest BCUT2D eigenvalue weighted by atomic mass is 9.94. The Hall–Kier alpha value is -3.72. The monoisotopic (exact) mass is 424 g/mol. The lowest BCUT2D eigenvalue weighted by molar-refractivity contribution is 0.0695. The Morgan fingerprint density at radius 3 is 1.75 bits per heavy atom. The molecule has 0 atom stereocenters. The molecule has 0 radical (unpaired) electrons. The number of carbonyl (C=O) groups is 1. The molecular formula is C29H25FO2. The van der Waals surface area contributed by atoms with Crippen LogP contribution in [-0.4, -0.2) is 11.1 Å². The normalized spacial score (nSPS) is 10.8. The zero-order valence-electron chi connectivity index (χ0n) is 17.8. The second-order valence-corrected chi connectivity index (χ2v) is 7.99. The molecule has 4 aromatic rings. The van der Waals surface area contributed by atoms with Crippen LogP contribution in [0.15, 0.2) is 97.1 Å².